The number of Topliss-reactive ketones (excluding diaryl/α,β-unsaturated/α-hetero) is 1. The molecule has 2 heteroatoms. The minimum atomic E-state index is 0.122. The minimum absolute atomic E-state index is 0.122. The lowest BCUT2D eigenvalue weighted by Crippen LogP contribution is -2.24. The Kier molecular flexibility index (Phi) is 0.862. The molecule has 2 aliphatic rings. The Balaban J connectivity index is 2.47. The second-order valence-electron chi connectivity index (χ2n) is 2.32. The predicted molar refractivity (Wildman–Crippen MR) is 35.1 cm³/mol. The van der Waals surface area contributed by atoms with Crippen molar-refractivity contribution in [3.63, 3.8) is 0 Å². The summed E-state index contributed by atoms with van der Waals surface area (Å²) in [5.74, 6) is 0.258. The van der Waals surface area contributed by atoms with Crippen molar-refractivity contribution in [1.29, 1.82) is 0 Å². The summed E-state index contributed by atoms with van der Waals surface area (Å²) in [5, 5.41) is 0.453. The van der Waals surface area contributed by atoms with Gasteiger partial charge in [0.25, 0.3) is 0 Å². The summed E-state index contributed by atoms with van der Waals surface area (Å²) in [4.78, 5) is 10.8. The molecule has 0 radical (unpaired) electrons. The molecule has 0 N–H and O–H groups in total. The van der Waals surface area contributed by atoms with Gasteiger partial charge >= 0.3 is 0 Å². The molecule has 0 amide bonds. The number of fused-ring (bicyclic) bond motifs is 1. The van der Waals surface area contributed by atoms with Crippen LogP contribution in [0, 0.1) is 5.92 Å². The Labute approximate surface area is 58.0 Å². The van der Waals surface area contributed by atoms with E-state index in [2.05, 4.69) is 0 Å². The Hall–Kier alpha value is -0.560. The van der Waals surface area contributed by atoms with Crippen LogP contribution in [-0.4, -0.2) is 5.78 Å². The molecular weight excluding hydrogens is 136 g/mol. The molecule has 1 atom stereocenters. The van der Waals surface area contributed by atoms with Crippen molar-refractivity contribution >= 4 is 17.4 Å². The Bertz CT molecular complexity index is 237. The fourth-order valence-electron chi connectivity index (χ4n) is 1.27. The van der Waals surface area contributed by atoms with Gasteiger partial charge in [0.1, 0.15) is 0 Å². The van der Waals surface area contributed by atoms with Gasteiger partial charge in [-0.1, -0.05) is 23.8 Å². The summed E-state index contributed by atoms with van der Waals surface area (Å²) in [7, 11) is 0. The molecule has 0 spiro atoms. The van der Waals surface area contributed by atoms with E-state index in [-0.39, 0.29) is 11.7 Å². The highest BCUT2D eigenvalue weighted by molar-refractivity contribution is 6.46. The van der Waals surface area contributed by atoms with Crippen molar-refractivity contribution in [3.05, 3.63) is 22.8 Å². The van der Waals surface area contributed by atoms with E-state index >= 15 is 0 Å². The molecule has 0 fully saturated rings. The summed E-state index contributed by atoms with van der Waals surface area (Å²) in [6.45, 7) is 0. The lowest BCUT2D eigenvalue weighted by Gasteiger charge is -2.20. The number of ketones is 1. The third kappa shape index (κ3) is 0.479. The number of carbonyl (C=O) groups excluding carboxylic acids is 1. The van der Waals surface area contributed by atoms with Gasteiger partial charge in [-0.3, -0.25) is 4.79 Å². The fraction of sp³-hybridized carbons (Fsp3) is 0.286. The van der Waals surface area contributed by atoms with E-state index in [9.17, 15) is 4.79 Å². The second-order valence-corrected chi connectivity index (χ2v) is 2.70. The molecule has 0 aromatic rings. The highest BCUT2D eigenvalue weighted by atomic mass is 35.5. The number of carbonyl (C=O) groups is 1. The first-order valence-corrected chi connectivity index (χ1v) is 3.29. The minimum Gasteiger partial charge on any atom is -0.292 e. The smallest absolute Gasteiger partial charge is 0.182 e. The highest BCUT2D eigenvalue weighted by Gasteiger charge is 2.37. The van der Waals surface area contributed by atoms with E-state index in [1.807, 2.05) is 12.2 Å². The van der Waals surface area contributed by atoms with Gasteiger partial charge in [-0.25, -0.2) is 0 Å². The van der Waals surface area contributed by atoms with Crippen LogP contribution in [0.15, 0.2) is 22.8 Å². The van der Waals surface area contributed by atoms with Crippen molar-refractivity contribution in [2.75, 3.05) is 0 Å². The van der Waals surface area contributed by atoms with Gasteiger partial charge < -0.3 is 0 Å². The van der Waals surface area contributed by atoms with Crippen molar-refractivity contribution in [2.45, 2.75) is 6.42 Å². The number of rotatable bonds is 0. The summed E-state index contributed by atoms with van der Waals surface area (Å²) >= 11 is 5.58. The molecule has 1 nitrogen and oxygen atoms in total. The quantitative estimate of drug-likeness (QED) is 0.500. The number of hydrogen-bond acceptors (Lipinski definition) is 1. The average molecular weight is 141 g/mol. The average Bonchev–Trinajstić information content (AvgIpc) is 2.30. The van der Waals surface area contributed by atoms with Gasteiger partial charge in [-0.15, -0.1) is 0 Å². The van der Waals surface area contributed by atoms with E-state index in [1.54, 1.807) is 0 Å². The summed E-state index contributed by atoms with van der Waals surface area (Å²) in [6, 6.07) is 0. The first-order valence-electron chi connectivity index (χ1n) is 2.91. The van der Waals surface area contributed by atoms with Crippen molar-refractivity contribution in [2.24, 2.45) is 5.92 Å². The van der Waals surface area contributed by atoms with Gasteiger partial charge in [0, 0.05) is 0 Å². The van der Waals surface area contributed by atoms with Crippen LogP contribution in [0.3, 0.4) is 0 Å². The molecule has 1 unspecified atom stereocenters. The number of allylic oxidation sites excluding steroid dienone is 4. The molecule has 0 aromatic heterocycles. The molecule has 0 saturated heterocycles. The second kappa shape index (κ2) is 1.48. The number of hydrogen-bond donors (Lipinski definition) is 0. The van der Waals surface area contributed by atoms with Gasteiger partial charge in [-0.05, 0) is 12.0 Å². The standard InChI is InChI=1S/C7H5ClO/c8-6-4-2-1-3-5(4)7(6)9/h1-2,5H,3H2. The largest absolute Gasteiger partial charge is 0.292 e. The van der Waals surface area contributed by atoms with Crippen molar-refractivity contribution in [1.82, 2.24) is 0 Å². The van der Waals surface area contributed by atoms with Gasteiger partial charge in [-0.2, -0.15) is 0 Å². The molecule has 0 heterocycles. The first-order chi connectivity index (χ1) is 4.30. The monoisotopic (exact) mass is 140 g/mol. The maximum Gasteiger partial charge on any atom is 0.182 e. The van der Waals surface area contributed by atoms with Crippen LogP contribution < -0.4 is 0 Å². The topological polar surface area (TPSA) is 17.1 Å². The molecule has 46 valence electrons. The molecule has 0 aromatic carbocycles. The molecule has 9 heavy (non-hydrogen) atoms. The maximum atomic E-state index is 10.8. The molecule has 2 aliphatic carbocycles. The van der Waals surface area contributed by atoms with Crippen LogP contribution in [0.2, 0.25) is 0 Å². The lowest BCUT2D eigenvalue weighted by molar-refractivity contribution is -0.119. The first kappa shape index (κ1) is 5.24. The molecular formula is C7H5ClO. The lowest BCUT2D eigenvalue weighted by atomic mass is 9.85. The normalized spacial score (nSPS) is 30.8. The van der Waals surface area contributed by atoms with Crippen LogP contribution >= 0.6 is 11.6 Å². The van der Waals surface area contributed by atoms with Crippen molar-refractivity contribution in [3.8, 4) is 0 Å². The fourth-order valence-corrected chi connectivity index (χ4v) is 1.59. The van der Waals surface area contributed by atoms with E-state index in [1.165, 1.54) is 0 Å². The highest BCUT2D eigenvalue weighted by Crippen LogP contribution is 2.40. The van der Waals surface area contributed by atoms with Gasteiger partial charge in [0.2, 0.25) is 0 Å². The van der Waals surface area contributed by atoms with Crippen molar-refractivity contribution < 1.29 is 4.79 Å². The van der Waals surface area contributed by atoms with Gasteiger partial charge in [0.05, 0.1) is 11.0 Å². The zero-order valence-electron chi connectivity index (χ0n) is 4.73. The molecule has 0 saturated carbocycles. The van der Waals surface area contributed by atoms with Crippen LogP contribution in [0.25, 0.3) is 0 Å². The van der Waals surface area contributed by atoms with E-state index in [4.69, 9.17) is 11.6 Å². The molecule has 2 rings (SSSR count). The Morgan fingerprint density at radius 2 is 2.44 bits per heavy atom. The molecule has 0 aliphatic heterocycles. The summed E-state index contributed by atoms with van der Waals surface area (Å²) < 4.78 is 0. The molecule has 0 bridgehead atoms. The van der Waals surface area contributed by atoms with E-state index < -0.39 is 0 Å². The SMILES string of the molecule is O=C1C(Cl)=C2C=CCC12. The maximum absolute atomic E-state index is 10.8. The van der Waals surface area contributed by atoms with E-state index in [0.717, 1.165) is 12.0 Å². The predicted octanol–water partition coefficient (Wildman–Crippen LogP) is 1.64. The number of halogens is 1. The zero-order valence-corrected chi connectivity index (χ0v) is 5.48. The van der Waals surface area contributed by atoms with Crippen LogP contribution in [0.4, 0.5) is 0 Å². The summed E-state index contributed by atoms with van der Waals surface area (Å²) in [6.07, 6.45) is 4.80. The summed E-state index contributed by atoms with van der Waals surface area (Å²) in [5.41, 5.74) is 1.04. The van der Waals surface area contributed by atoms with Crippen LogP contribution in [0.5, 0.6) is 0 Å². The van der Waals surface area contributed by atoms with Gasteiger partial charge in [0.15, 0.2) is 5.78 Å². The van der Waals surface area contributed by atoms with Crippen LogP contribution in [-0.2, 0) is 4.79 Å². The third-order valence-corrected chi connectivity index (χ3v) is 2.24. The zero-order chi connectivity index (χ0) is 6.43. The Morgan fingerprint density at radius 3 is 3.11 bits per heavy atom. The third-order valence-electron chi connectivity index (χ3n) is 1.83. The van der Waals surface area contributed by atoms with Crippen LogP contribution in [0.1, 0.15) is 6.42 Å². The Morgan fingerprint density at radius 1 is 1.67 bits per heavy atom. The van der Waals surface area contributed by atoms with E-state index in [0.29, 0.717) is 5.03 Å².